The van der Waals surface area contributed by atoms with Crippen molar-refractivity contribution in [2.75, 3.05) is 0 Å². The Kier molecular flexibility index (Phi) is 5.14. The zero-order valence-corrected chi connectivity index (χ0v) is 14.9. The van der Waals surface area contributed by atoms with Crippen molar-refractivity contribution in [3.63, 3.8) is 0 Å². The normalized spacial score (nSPS) is 11.9. The lowest BCUT2D eigenvalue weighted by Crippen LogP contribution is -2.42. The minimum atomic E-state index is -1.06. The Morgan fingerprint density at radius 1 is 0.960 bits per heavy atom. The van der Waals surface area contributed by atoms with Crippen LogP contribution in [0.5, 0.6) is 0 Å². The molecule has 25 heavy (non-hydrogen) atoms. The molecule has 0 bridgehead atoms. The van der Waals surface area contributed by atoms with Crippen LogP contribution >= 0.6 is 15.9 Å². The Bertz CT molecular complexity index is 939. The lowest BCUT2D eigenvalue weighted by molar-refractivity contribution is -0.139. The monoisotopic (exact) mass is 397 g/mol. The van der Waals surface area contributed by atoms with Crippen LogP contribution in [0, 0.1) is 0 Å². The summed E-state index contributed by atoms with van der Waals surface area (Å²) in [6.07, 6.45) is 0.219. The maximum atomic E-state index is 12.4. The highest BCUT2D eigenvalue weighted by atomic mass is 79.9. The predicted octanol–water partition coefficient (Wildman–Crippen LogP) is 4.03. The quantitative estimate of drug-likeness (QED) is 0.682. The number of halogens is 1. The van der Waals surface area contributed by atoms with Crippen molar-refractivity contribution in [2.45, 2.75) is 12.5 Å². The molecule has 0 aliphatic heterocycles. The van der Waals surface area contributed by atoms with E-state index in [1.54, 1.807) is 24.3 Å². The number of carboxylic acids is 1. The molecule has 3 aromatic rings. The summed E-state index contributed by atoms with van der Waals surface area (Å²) in [7, 11) is 0. The summed E-state index contributed by atoms with van der Waals surface area (Å²) in [5, 5.41) is 14.2. The van der Waals surface area contributed by atoms with Crippen molar-refractivity contribution >= 4 is 38.6 Å². The zero-order chi connectivity index (χ0) is 17.8. The fraction of sp³-hybridized carbons (Fsp3) is 0.100. The Balaban J connectivity index is 1.80. The molecule has 3 rings (SSSR count). The van der Waals surface area contributed by atoms with Gasteiger partial charge in [0.2, 0.25) is 0 Å². The van der Waals surface area contributed by atoms with Gasteiger partial charge in [-0.3, -0.25) is 4.79 Å². The third-order valence-corrected chi connectivity index (χ3v) is 4.67. The van der Waals surface area contributed by atoms with E-state index in [-0.39, 0.29) is 6.42 Å². The number of carboxylic acid groups (broad SMARTS) is 1. The van der Waals surface area contributed by atoms with E-state index in [0.29, 0.717) is 10.0 Å². The standard InChI is InChI=1S/C20H16BrNO3/c21-17-8-4-3-7-16(17)19(23)22-18(20(24)25)12-13-9-10-14-5-1-2-6-15(14)11-13/h1-11,18H,12H2,(H,22,23)(H,24,25)/t18-/m0/s1. The number of hydrogen-bond acceptors (Lipinski definition) is 2. The van der Waals surface area contributed by atoms with Gasteiger partial charge in [0.1, 0.15) is 6.04 Å². The van der Waals surface area contributed by atoms with Gasteiger partial charge < -0.3 is 10.4 Å². The largest absolute Gasteiger partial charge is 0.480 e. The molecule has 3 aromatic carbocycles. The molecule has 0 heterocycles. The predicted molar refractivity (Wildman–Crippen MR) is 101 cm³/mol. The van der Waals surface area contributed by atoms with E-state index in [1.165, 1.54) is 0 Å². The molecule has 1 atom stereocenters. The van der Waals surface area contributed by atoms with E-state index in [0.717, 1.165) is 16.3 Å². The molecule has 4 nitrogen and oxygen atoms in total. The maximum absolute atomic E-state index is 12.4. The molecule has 2 N–H and O–H groups in total. The molecular formula is C20H16BrNO3. The summed E-state index contributed by atoms with van der Waals surface area (Å²) in [4.78, 5) is 24.0. The summed E-state index contributed by atoms with van der Waals surface area (Å²) in [5.74, 6) is -1.48. The molecule has 0 aliphatic carbocycles. The van der Waals surface area contributed by atoms with Gasteiger partial charge in [-0.1, -0.05) is 54.6 Å². The van der Waals surface area contributed by atoms with Gasteiger partial charge in [-0.2, -0.15) is 0 Å². The molecule has 0 aliphatic rings. The summed E-state index contributed by atoms with van der Waals surface area (Å²) in [6, 6.07) is 19.6. The van der Waals surface area contributed by atoms with Gasteiger partial charge in [0.05, 0.1) is 5.56 Å². The first-order valence-electron chi connectivity index (χ1n) is 7.80. The number of amides is 1. The molecule has 1 amide bonds. The Morgan fingerprint density at radius 3 is 2.36 bits per heavy atom. The Morgan fingerprint density at radius 2 is 1.64 bits per heavy atom. The van der Waals surface area contributed by atoms with Crippen molar-refractivity contribution in [3.8, 4) is 0 Å². The molecule has 0 unspecified atom stereocenters. The van der Waals surface area contributed by atoms with E-state index < -0.39 is 17.9 Å². The van der Waals surface area contributed by atoms with Crippen molar-refractivity contribution in [1.82, 2.24) is 5.32 Å². The molecule has 5 heteroatoms. The molecule has 0 fully saturated rings. The highest BCUT2D eigenvalue weighted by Gasteiger charge is 2.22. The maximum Gasteiger partial charge on any atom is 0.326 e. The van der Waals surface area contributed by atoms with Crippen LogP contribution in [0.3, 0.4) is 0 Å². The zero-order valence-electron chi connectivity index (χ0n) is 13.3. The van der Waals surface area contributed by atoms with Crippen molar-refractivity contribution in [3.05, 3.63) is 82.3 Å². The lowest BCUT2D eigenvalue weighted by Gasteiger charge is -2.15. The average Bonchev–Trinajstić information content (AvgIpc) is 2.61. The van der Waals surface area contributed by atoms with Crippen LogP contribution in [-0.2, 0) is 11.2 Å². The smallest absolute Gasteiger partial charge is 0.326 e. The van der Waals surface area contributed by atoms with Crippen molar-refractivity contribution in [2.24, 2.45) is 0 Å². The minimum Gasteiger partial charge on any atom is -0.480 e. The second-order valence-electron chi connectivity index (χ2n) is 5.73. The van der Waals surface area contributed by atoms with Crippen LogP contribution in [0.4, 0.5) is 0 Å². The van der Waals surface area contributed by atoms with Crippen LogP contribution in [0.25, 0.3) is 10.8 Å². The molecule has 126 valence electrons. The van der Waals surface area contributed by atoms with Gasteiger partial charge in [0.25, 0.3) is 5.91 Å². The van der Waals surface area contributed by atoms with Gasteiger partial charge in [-0.05, 0) is 44.4 Å². The van der Waals surface area contributed by atoms with Gasteiger partial charge in [0, 0.05) is 10.9 Å². The van der Waals surface area contributed by atoms with Gasteiger partial charge >= 0.3 is 5.97 Å². The number of hydrogen-bond donors (Lipinski definition) is 2. The number of benzene rings is 3. The van der Waals surface area contributed by atoms with Crippen LogP contribution in [-0.4, -0.2) is 23.0 Å². The second-order valence-corrected chi connectivity index (χ2v) is 6.58. The molecule has 0 saturated carbocycles. The first kappa shape index (κ1) is 17.2. The highest BCUT2D eigenvalue weighted by molar-refractivity contribution is 9.10. The average molecular weight is 398 g/mol. The number of carbonyl (C=O) groups excluding carboxylic acids is 1. The summed E-state index contributed by atoms with van der Waals surface area (Å²) < 4.78 is 0.627. The first-order chi connectivity index (χ1) is 12.0. The van der Waals surface area contributed by atoms with Gasteiger partial charge in [-0.25, -0.2) is 4.79 Å². The van der Waals surface area contributed by atoms with Gasteiger partial charge in [0.15, 0.2) is 0 Å². The number of rotatable bonds is 5. The summed E-state index contributed by atoms with van der Waals surface area (Å²) in [5.41, 5.74) is 1.27. The third-order valence-electron chi connectivity index (χ3n) is 3.98. The van der Waals surface area contributed by atoms with E-state index in [9.17, 15) is 14.7 Å². The Labute approximate surface area is 153 Å². The van der Waals surface area contributed by atoms with Crippen LogP contribution in [0.1, 0.15) is 15.9 Å². The van der Waals surface area contributed by atoms with Crippen LogP contribution in [0.15, 0.2) is 71.2 Å². The fourth-order valence-corrected chi connectivity index (χ4v) is 3.15. The minimum absolute atomic E-state index is 0.219. The second kappa shape index (κ2) is 7.49. The third kappa shape index (κ3) is 4.06. The lowest BCUT2D eigenvalue weighted by atomic mass is 10.0. The van der Waals surface area contributed by atoms with E-state index >= 15 is 0 Å². The highest BCUT2D eigenvalue weighted by Crippen LogP contribution is 2.18. The summed E-state index contributed by atoms with van der Waals surface area (Å²) >= 11 is 3.31. The fourth-order valence-electron chi connectivity index (χ4n) is 2.68. The SMILES string of the molecule is O=C(N[C@@H](Cc1ccc2ccccc2c1)C(=O)O)c1ccccc1Br. The van der Waals surface area contributed by atoms with Crippen LogP contribution in [0.2, 0.25) is 0 Å². The Hall–Kier alpha value is -2.66. The van der Waals surface area contributed by atoms with Crippen LogP contribution < -0.4 is 5.32 Å². The molecule has 0 saturated heterocycles. The van der Waals surface area contributed by atoms with E-state index in [4.69, 9.17) is 0 Å². The van der Waals surface area contributed by atoms with E-state index in [1.807, 2.05) is 42.5 Å². The molecule has 0 radical (unpaired) electrons. The topological polar surface area (TPSA) is 66.4 Å². The number of fused-ring (bicyclic) bond motifs is 1. The summed E-state index contributed by atoms with van der Waals surface area (Å²) in [6.45, 7) is 0. The van der Waals surface area contributed by atoms with E-state index in [2.05, 4.69) is 21.2 Å². The van der Waals surface area contributed by atoms with Crippen molar-refractivity contribution < 1.29 is 14.7 Å². The number of aliphatic carboxylic acids is 1. The van der Waals surface area contributed by atoms with Crippen molar-refractivity contribution in [1.29, 1.82) is 0 Å². The molecule has 0 aromatic heterocycles. The molecular weight excluding hydrogens is 382 g/mol. The first-order valence-corrected chi connectivity index (χ1v) is 8.60. The van der Waals surface area contributed by atoms with Gasteiger partial charge in [-0.15, -0.1) is 0 Å². The molecule has 0 spiro atoms. The number of carbonyl (C=O) groups is 2. The number of nitrogens with one attached hydrogen (secondary N) is 1.